The van der Waals surface area contributed by atoms with E-state index in [0.29, 0.717) is 23.7 Å². The van der Waals surface area contributed by atoms with E-state index < -0.39 is 28.5 Å². The van der Waals surface area contributed by atoms with E-state index in [1.54, 1.807) is 47.8 Å². The molecule has 0 saturated heterocycles. The van der Waals surface area contributed by atoms with Crippen LogP contribution in [0.25, 0.3) is 0 Å². The molecule has 0 saturated carbocycles. The maximum Gasteiger partial charge on any atom is 0.266 e. The second-order valence-electron chi connectivity index (χ2n) is 7.14. The van der Waals surface area contributed by atoms with Crippen LogP contribution in [-0.4, -0.2) is 36.6 Å². The number of hydrogen-bond acceptors (Lipinski definition) is 8. The van der Waals surface area contributed by atoms with Gasteiger partial charge in [-0.05, 0) is 36.4 Å². The van der Waals surface area contributed by atoms with E-state index in [1.807, 2.05) is 0 Å². The second-order valence-corrected chi connectivity index (χ2v) is 9.87. The molecular formula is C22H18N4O5S2. The number of thiazole rings is 1. The lowest BCUT2D eigenvalue weighted by Gasteiger charge is -2.25. The number of nitrogens with zero attached hydrogens (tertiary/aromatic N) is 4. The molecule has 168 valence electrons. The third kappa shape index (κ3) is 4.08. The zero-order chi connectivity index (χ0) is 22.8. The van der Waals surface area contributed by atoms with Crippen molar-refractivity contribution in [2.75, 3.05) is 10.8 Å². The fraction of sp³-hybridized carbons (Fsp3) is 0.136. The summed E-state index contributed by atoms with van der Waals surface area (Å²) in [6, 6.07) is 14.4. The average Bonchev–Trinajstić information content (AvgIpc) is 3.64. The molecule has 1 aliphatic rings. The number of furan rings is 2. The number of carbonyl (C=O) groups excluding carboxylic acids is 1. The van der Waals surface area contributed by atoms with Crippen molar-refractivity contribution in [3.05, 3.63) is 90.2 Å². The normalized spacial score (nSPS) is 16.1. The first-order valence-electron chi connectivity index (χ1n) is 9.98. The monoisotopic (exact) mass is 482 g/mol. The highest BCUT2D eigenvalue weighted by molar-refractivity contribution is 7.93. The Balaban J connectivity index is 1.49. The number of sulfonamides is 1. The lowest BCUT2D eigenvalue weighted by Crippen LogP contribution is -2.41. The number of hydrazone groups is 1. The van der Waals surface area contributed by atoms with Gasteiger partial charge < -0.3 is 8.83 Å². The summed E-state index contributed by atoms with van der Waals surface area (Å²) in [4.78, 5) is 17.7. The van der Waals surface area contributed by atoms with Gasteiger partial charge in [-0.1, -0.05) is 18.2 Å². The number of carbonyl (C=O) groups is 1. The van der Waals surface area contributed by atoms with Gasteiger partial charge in [0.1, 0.15) is 29.8 Å². The van der Waals surface area contributed by atoms with Crippen molar-refractivity contribution in [3.63, 3.8) is 0 Å². The molecule has 0 aliphatic carbocycles. The summed E-state index contributed by atoms with van der Waals surface area (Å²) < 4.78 is 38.8. The minimum Gasteiger partial charge on any atom is -0.467 e. The van der Waals surface area contributed by atoms with Gasteiger partial charge in [0.25, 0.3) is 15.9 Å². The Morgan fingerprint density at radius 1 is 1.09 bits per heavy atom. The molecule has 1 unspecified atom stereocenters. The number of anilines is 1. The van der Waals surface area contributed by atoms with Crippen molar-refractivity contribution in [3.8, 4) is 0 Å². The molecule has 0 N–H and O–H groups in total. The molecule has 0 fully saturated rings. The van der Waals surface area contributed by atoms with E-state index in [-0.39, 0.29) is 10.0 Å². The van der Waals surface area contributed by atoms with E-state index in [9.17, 15) is 13.2 Å². The molecule has 11 heteroatoms. The zero-order valence-electron chi connectivity index (χ0n) is 17.1. The van der Waals surface area contributed by atoms with Gasteiger partial charge in [-0.2, -0.15) is 5.10 Å². The van der Waals surface area contributed by atoms with Gasteiger partial charge >= 0.3 is 0 Å². The summed E-state index contributed by atoms with van der Waals surface area (Å²) in [6.45, 7) is -0.475. The zero-order valence-corrected chi connectivity index (χ0v) is 18.8. The van der Waals surface area contributed by atoms with Gasteiger partial charge in [-0.25, -0.2) is 22.7 Å². The summed E-state index contributed by atoms with van der Waals surface area (Å²) in [7, 11) is -4.03. The molecule has 4 heterocycles. The Morgan fingerprint density at radius 2 is 1.88 bits per heavy atom. The smallest absolute Gasteiger partial charge is 0.266 e. The first-order valence-corrected chi connectivity index (χ1v) is 12.3. The van der Waals surface area contributed by atoms with Crippen molar-refractivity contribution >= 4 is 38.1 Å². The lowest BCUT2D eigenvalue weighted by molar-refractivity contribution is -0.131. The van der Waals surface area contributed by atoms with Crippen molar-refractivity contribution in [2.24, 2.45) is 5.10 Å². The lowest BCUT2D eigenvalue weighted by atomic mass is 10.1. The predicted molar refractivity (Wildman–Crippen MR) is 121 cm³/mol. The van der Waals surface area contributed by atoms with Crippen molar-refractivity contribution in [1.82, 2.24) is 9.99 Å². The Labute approximate surface area is 193 Å². The third-order valence-electron chi connectivity index (χ3n) is 5.09. The maximum absolute atomic E-state index is 13.5. The number of hydrogen-bond donors (Lipinski definition) is 0. The molecule has 0 spiro atoms. The Bertz CT molecular complexity index is 1350. The fourth-order valence-electron chi connectivity index (χ4n) is 3.54. The van der Waals surface area contributed by atoms with Crippen LogP contribution in [0.3, 0.4) is 0 Å². The molecule has 1 amide bonds. The fourth-order valence-corrected chi connectivity index (χ4v) is 5.80. The molecule has 0 radical (unpaired) electrons. The first-order chi connectivity index (χ1) is 16.0. The molecule has 4 aromatic rings. The molecule has 3 aromatic heterocycles. The highest BCUT2D eigenvalue weighted by Gasteiger charge is 2.38. The molecule has 9 nitrogen and oxygen atoms in total. The molecule has 1 aromatic carbocycles. The van der Waals surface area contributed by atoms with E-state index >= 15 is 0 Å². The van der Waals surface area contributed by atoms with Crippen LogP contribution in [0, 0.1) is 0 Å². The van der Waals surface area contributed by atoms with Crippen LogP contribution in [-0.2, 0) is 14.8 Å². The van der Waals surface area contributed by atoms with E-state index in [2.05, 4.69) is 10.1 Å². The number of aromatic nitrogens is 1. The van der Waals surface area contributed by atoms with Crippen LogP contribution in [0.15, 0.2) is 97.5 Å². The summed E-state index contributed by atoms with van der Waals surface area (Å²) in [6.07, 6.45) is 4.91. The van der Waals surface area contributed by atoms with Crippen LogP contribution in [0.5, 0.6) is 0 Å². The largest absolute Gasteiger partial charge is 0.467 e. The Morgan fingerprint density at radius 3 is 2.55 bits per heavy atom. The highest BCUT2D eigenvalue weighted by atomic mass is 32.2. The molecule has 1 atom stereocenters. The standard InChI is InChI=1S/C22H18N4O5S2/c27-21(15-25(22-23-10-13-32-22)33(28,29)16-6-2-1-3-7-16)26-18(20-9-5-12-31-20)14-17(24-26)19-8-4-11-30-19/h1-13,18H,14-15H2. The van der Waals surface area contributed by atoms with Crippen molar-refractivity contribution < 1.29 is 22.0 Å². The van der Waals surface area contributed by atoms with Gasteiger partial charge in [0.05, 0.1) is 17.4 Å². The van der Waals surface area contributed by atoms with Crippen LogP contribution >= 0.6 is 11.3 Å². The Hall–Kier alpha value is -3.70. The molecule has 1 aliphatic heterocycles. The van der Waals surface area contributed by atoms with Gasteiger partial charge in [0.2, 0.25) is 0 Å². The van der Waals surface area contributed by atoms with Gasteiger partial charge in [-0.3, -0.25) is 4.79 Å². The molecule has 5 rings (SSSR count). The Kier molecular flexibility index (Phi) is 5.56. The summed E-state index contributed by atoms with van der Waals surface area (Å²) in [5.74, 6) is 0.559. The van der Waals surface area contributed by atoms with Gasteiger partial charge in [0, 0.05) is 18.0 Å². The predicted octanol–water partition coefficient (Wildman–Crippen LogP) is 3.90. The molecule has 33 heavy (non-hydrogen) atoms. The number of rotatable bonds is 7. The summed E-state index contributed by atoms with van der Waals surface area (Å²) in [5.41, 5.74) is 0.571. The highest BCUT2D eigenvalue weighted by Crippen LogP contribution is 2.34. The number of amides is 1. The quantitative estimate of drug-likeness (QED) is 0.395. The average molecular weight is 483 g/mol. The number of benzene rings is 1. The molecular weight excluding hydrogens is 464 g/mol. The molecule has 0 bridgehead atoms. The SMILES string of the molecule is O=C(CN(c1nccs1)S(=O)(=O)c1ccccc1)N1N=C(c2ccco2)CC1c1ccco1. The first kappa shape index (κ1) is 21.2. The minimum atomic E-state index is -4.03. The second kappa shape index (κ2) is 8.68. The summed E-state index contributed by atoms with van der Waals surface area (Å²) in [5, 5.41) is 7.57. The third-order valence-corrected chi connectivity index (χ3v) is 7.75. The van der Waals surface area contributed by atoms with Crippen LogP contribution in [0.4, 0.5) is 5.13 Å². The van der Waals surface area contributed by atoms with Crippen LogP contribution in [0.1, 0.15) is 24.0 Å². The van der Waals surface area contributed by atoms with Gasteiger partial charge in [-0.15, -0.1) is 11.3 Å². The van der Waals surface area contributed by atoms with Crippen molar-refractivity contribution in [2.45, 2.75) is 17.4 Å². The van der Waals surface area contributed by atoms with Crippen LogP contribution in [0.2, 0.25) is 0 Å². The van der Waals surface area contributed by atoms with Gasteiger partial charge in [0.15, 0.2) is 5.13 Å². The topological polar surface area (TPSA) is 109 Å². The van der Waals surface area contributed by atoms with Crippen LogP contribution < -0.4 is 4.31 Å². The van der Waals surface area contributed by atoms with Crippen molar-refractivity contribution in [1.29, 1.82) is 0 Å². The van der Waals surface area contributed by atoms with E-state index in [1.165, 1.54) is 35.9 Å². The summed E-state index contributed by atoms with van der Waals surface area (Å²) >= 11 is 1.13. The maximum atomic E-state index is 13.5. The van der Waals surface area contributed by atoms with E-state index in [0.717, 1.165) is 15.6 Å². The van der Waals surface area contributed by atoms with E-state index in [4.69, 9.17) is 8.83 Å². The minimum absolute atomic E-state index is 0.0665.